The number of aliphatic hydroxyl groups excluding tert-OH is 1. The highest BCUT2D eigenvalue weighted by Gasteiger charge is 2.19. The Kier molecular flexibility index (Phi) is 6.64. The zero-order valence-corrected chi connectivity index (χ0v) is 14.9. The van der Waals surface area contributed by atoms with E-state index in [1.807, 2.05) is 0 Å². The minimum atomic E-state index is 0. The highest BCUT2D eigenvalue weighted by Crippen LogP contribution is 2.21. The smallest absolute Gasteiger partial charge is 0.249 e. The molecule has 0 radical (unpaired) electrons. The van der Waals surface area contributed by atoms with Gasteiger partial charge in [-0.1, -0.05) is 31.5 Å². The standard InChI is InChI=1S/C18H27N2O.ClH/c1-13(2)8-17(11-21)19-6-7-20(12-19)18-15(4)9-14(3)10-16(18)5;/h6-7,9-10,12-13,17,21H,8,11H2,1-5H3;1H/q+1;/p-1/t17-;/m0./s1. The Hall–Kier alpha value is -1.32. The van der Waals surface area contributed by atoms with Crippen molar-refractivity contribution in [1.82, 2.24) is 4.57 Å². The maximum absolute atomic E-state index is 9.62. The molecule has 4 heteroatoms. The summed E-state index contributed by atoms with van der Waals surface area (Å²) in [5, 5.41) is 9.62. The summed E-state index contributed by atoms with van der Waals surface area (Å²) in [4.78, 5) is 0. The van der Waals surface area contributed by atoms with Crippen LogP contribution < -0.4 is 17.0 Å². The van der Waals surface area contributed by atoms with E-state index in [0.717, 1.165) is 6.42 Å². The summed E-state index contributed by atoms with van der Waals surface area (Å²) >= 11 is 0. The van der Waals surface area contributed by atoms with E-state index in [-0.39, 0.29) is 25.1 Å². The fraction of sp³-hybridized carbons (Fsp3) is 0.500. The van der Waals surface area contributed by atoms with Gasteiger partial charge in [-0.15, -0.1) is 0 Å². The van der Waals surface area contributed by atoms with E-state index in [2.05, 4.69) is 74.6 Å². The number of benzene rings is 1. The maximum atomic E-state index is 9.62. The molecule has 122 valence electrons. The Morgan fingerprint density at radius 2 is 1.73 bits per heavy atom. The fourth-order valence-electron chi connectivity index (χ4n) is 3.13. The van der Waals surface area contributed by atoms with Crippen LogP contribution in [0.3, 0.4) is 0 Å². The molecule has 0 aliphatic carbocycles. The highest BCUT2D eigenvalue weighted by atomic mass is 35.5. The van der Waals surface area contributed by atoms with Gasteiger partial charge in [0.05, 0.1) is 6.61 Å². The van der Waals surface area contributed by atoms with E-state index in [1.165, 1.54) is 22.4 Å². The number of hydrogen-bond donors (Lipinski definition) is 1. The summed E-state index contributed by atoms with van der Waals surface area (Å²) < 4.78 is 4.28. The summed E-state index contributed by atoms with van der Waals surface area (Å²) in [5.74, 6) is 0.570. The van der Waals surface area contributed by atoms with E-state index >= 15 is 0 Å². The lowest BCUT2D eigenvalue weighted by Crippen LogP contribution is -3.00. The predicted octanol–water partition coefficient (Wildman–Crippen LogP) is 0.274. The van der Waals surface area contributed by atoms with Crippen molar-refractivity contribution in [2.45, 2.75) is 47.1 Å². The molecule has 3 nitrogen and oxygen atoms in total. The van der Waals surface area contributed by atoms with Crippen molar-refractivity contribution in [1.29, 1.82) is 0 Å². The zero-order chi connectivity index (χ0) is 15.6. The molecule has 2 aromatic rings. The second kappa shape index (κ2) is 7.80. The molecule has 0 aliphatic rings. The second-order valence-corrected chi connectivity index (χ2v) is 6.48. The number of aryl methyl sites for hydroxylation is 3. The van der Waals surface area contributed by atoms with Gasteiger partial charge in [0.25, 0.3) is 0 Å². The van der Waals surface area contributed by atoms with E-state index in [0.29, 0.717) is 5.92 Å². The van der Waals surface area contributed by atoms with Gasteiger partial charge in [0, 0.05) is 0 Å². The van der Waals surface area contributed by atoms with E-state index in [1.54, 1.807) is 0 Å². The van der Waals surface area contributed by atoms with Gasteiger partial charge < -0.3 is 17.5 Å². The summed E-state index contributed by atoms with van der Waals surface area (Å²) in [7, 11) is 0. The number of nitrogens with zero attached hydrogens (tertiary/aromatic N) is 2. The van der Waals surface area contributed by atoms with Gasteiger partial charge in [-0.25, -0.2) is 9.13 Å². The molecule has 0 fully saturated rings. The molecule has 1 N–H and O–H groups in total. The molecule has 0 amide bonds. The molecule has 2 rings (SSSR count). The second-order valence-electron chi connectivity index (χ2n) is 6.48. The monoisotopic (exact) mass is 322 g/mol. The number of rotatable bonds is 5. The lowest BCUT2D eigenvalue weighted by Gasteiger charge is -2.13. The Bertz CT molecular complexity index is 596. The lowest BCUT2D eigenvalue weighted by atomic mass is 10.0. The minimum Gasteiger partial charge on any atom is -1.00 e. The lowest BCUT2D eigenvalue weighted by molar-refractivity contribution is -0.725. The van der Waals surface area contributed by atoms with Crippen LogP contribution in [0, 0.1) is 26.7 Å². The predicted molar refractivity (Wildman–Crippen MR) is 85.8 cm³/mol. The van der Waals surface area contributed by atoms with Crippen molar-refractivity contribution in [3.05, 3.63) is 47.5 Å². The number of hydrogen-bond acceptors (Lipinski definition) is 1. The van der Waals surface area contributed by atoms with Gasteiger partial charge in [-0.05, 0) is 44.2 Å². The van der Waals surface area contributed by atoms with Crippen LogP contribution >= 0.6 is 0 Å². The average molecular weight is 323 g/mol. The molecule has 22 heavy (non-hydrogen) atoms. The molecule has 0 spiro atoms. The first kappa shape index (κ1) is 18.7. The molecule has 0 unspecified atom stereocenters. The Morgan fingerprint density at radius 1 is 1.14 bits per heavy atom. The SMILES string of the molecule is Cc1cc(C)c(-n2cc[n+]([C@H](CO)CC(C)C)c2)c(C)c1.[Cl-]. The average Bonchev–Trinajstić information content (AvgIpc) is 2.83. The maximum Gasteiger partial charge on any atom is 0.249 e. The van der Waals surface area contributed by atoms with Crippen molar-refractivity contribution in [2.24, 2.45) is 5.92 Å². The van der Waals surface area contributed by atoms with Gasteiger partial charge in [-0.2, -0.15) is 0 Å². The van der Waals surface area contributed by atoms with Gasteiger partial charge in [0.2, 0.25) is 6.33 Å². The molecule has 0 aliphatic heterocycles. The minimum absolute atomic E-state index is 0. The van der Waals surface area contributed by atoms with E-state index in [9.17, 15) is 5.11 Å². The molecule has 0 saturated carbocycles. The Balaban J connectivity index is 0.00000242. The summed E-state index contributed by atoms with van der Waals surface area (Å²) in [6.45, 7) is 11.0. The third kappa shape index (κ3) is 4.11. The Morgan fingerprint density at radius 3 is 2.23 bits per heavy atom. The third-order valence-electron chi connectivity index (χ3n) is 3.93. The molecule has 1 atom stereocenters. The van der Waals surface area contributed by atoms with Gasteiger partial charge in [-0.3, -0.25) is 0 Å². The Labute approximate surface area is 140 Å². The number of imidazole rings is 1. The highest BCUT2D eigenvalue weighted by molar-refractivity contribution is 5.48. The van der Waals surface area contributed by atoms with Crippen LogP contribution in [0.15, 0.2) is 30.9 Å². The van der Waals surface area contributed by atoms with Crippen molar-refractivity contribution in [3.8, 4) is 5.69 Å². The largest absolute Gasteiger partial charge is 1.00 e. The van der Waals surface area contributed by atoms with Crippen LogP contribution in [0.2, 0.25) is 0 Å². The zero-order valence-electron chi connectivity index (χ0n) is 14.2. The molecular weight excluding hydrogens is 296 g/mol. The van der Waals surface area contributed by atoms with Crippen LogP contribution in [0.4, 0.5) is 0 Å². The van der Waals surface area contributed by atoms with Gasteiger partial charge >= 0.3 is 0 Å². The van der Waals surface area contributed by atoms with Crippen LogP contribution in [0.25, 0.3) is 5.69 Å². The van der Waals surface area contributed by atoms with E-state index < -0.39 is 0 Å². The van der Waals surface area contributed by atoms with Crippen molar-refractivity contribution >= 4 is 0 Å². The number of aliphatic hydroxyl groups is 1. The van der Waals surface area contributed by atoms with Gasteiger partial charge in [0.15, 0.2) is 0 Å². The summed E-state index contributed by atoms with van der Waals surface area (Å²) in [6, 6.07) is 4.58. The first-order chi connectivity index (χ1) is 9.92. The van der Waals surface area contributed by atoms with Gasteiger partial charge in [0.1, 0.15) is 24.1 Å². The molecular formula is C18H27ClN2O. The molecule has 0 saturated heterocycles. The summed E-state index contributed by atoms with van der Waals surface area (Å²) in [5.41, 5.74) is 5.08. The number of halogens is 1. The quantitative estimate of drug-likeness (QED) is 0.787. The van der Waals surface area contributed by atoms with Crippen molar-refractivity contribution < 1.29 is 22.1 Å². The van der Waals surface area contributed by atoms with Crippen LogP contribution in [0.5, 0.6) is 0 Å². The third-order valence-corrected chi connectivity index (χ3v) is 3.93. The first-order valence-corrected chi connectivity index (χ1v) is 7.70. The molecule has 1 heterocycles. The molecule has 0 bridgehead atoms. The van der Waals surface area contributed by atoms with E-state index in [4.69, 9.17) is 0 Å². The van der Waals surface area contributed by atoms with Crippen molar-refractivity contribution in [2.75, 3.05) is 6.61 Å². The first-order valence-electron chi connectivity index (χ1n) is 7.70. The normalized spacial score (nSPS) is 12.3. The molecule has 1 aromatic carbocycles. The molecule has 1 aromatic heterocycles. The van der Waals surface area contributed by atoms with Crippen LogP contribution in [-0.2, 0) is 0 Å². The van der Waals surface area contributed by atoms with Crippen LogP contribution in [0.1, 0.15) is 43.0 Å². The van der Waals surface area contributed by atoms with Crippen LogP contribution in [-0.4, -0.2) is 16.3 Å². The fourth-order valence-corrected chi connectivity index (χ4v) is 3.13. The topological polar surface area (TPSA) is 29.0 Å². The summed E-state index contributed by atoms with van der Waals surface area (Å²) in [6.07, 6.45) is 7.21. The number of aromatic nitrogens is 2. The van der Waals surface area contributed by atoms with Crippen molar-refractivity contribution in [3.63, 3.8) is 0 Å².